The molecule has 0 spiro atoms. The van der Waals surface area contributed by atoms with Gasteiger partial charge in [-0.25, -0.2) is 9.79 Å². The minimum Gasteiger partial charge on any atom is -0.490 e. The number of esters is 2. The third-order valence-corrected chi connectivity index (χ3v) is 5.59. The number of hydrogen-bond acceptors (Lipinski definition) is 6. The summed E-state index contributed by atoms with van der Waals surface area (Å²) in [4.78, 5) is 28.7. The van der Waals surface area contributed by atoms with Crippen LogP contribution in [0.15, 0.2) is 81.9 Å². The molecule has 0 bridgehead atoms. The Balaban J connectivity index is 1.61. The predicted molar refractivity (Wildman–Crippen MR) is 134 cm³/mol. The summed E-state index contributed by atoms with van der Waals surface area (Å²) in [6, 6.07) is 21.1. The van der Waals surface area contributed by atoms with Crippen LogP contribution in [0.5, 0.6) is 11.5 Å². The molecule has 1 aliphatic heterocycles. The summed E-state index contributed by atoms with van der Waals surface area (Å²) in [5.74, 6) is 0.0101. The molecule has 4 rings (SSSR count). The first kappa shape index (κ1) is 23.4. The summed E-state index contributed by atoms with van der Waals surface area (Å²) in [6.07, 6.45) is 1.84. The fraction of sp³-hybridized carbons (Fsp3) is 0.148. The highest BCUT2D eigenvalue weighted by Crippen LogP contribution is 2.38. The van der Waals surface area contributed by atoms with Crippen molar-refractivity contribution in [1.29, 1.82) is 0 Å². The molecular formula is C27H22BrNO5. The number of nitrogens with zero attached hydrogens (tertiary/aromatic N) is 1. The number of ether oxygens (including phenoxy) is 3. The molecule has 0 atom stereocenters. The van der Waals surface area contributed by atoms with E-state index in [1.54, 1.807) is 25.1 Å². The molecule has 0 aromatic heterocycles. The number of carbonyl (C=O) groups excluding carboxylic acids is 2. The second-order valence-electron chi connectivity index (χ2n) is 7.37. The summed E-state index contributed by atoms with van der Waals surface area (Å²) in [7, 11) is 0. The number of aliphatic imine (C=N–C) groups is 1. The molecule has 34 heavy (non-hydrogen) atoms. The van der Waals surface area contributed by atoms with Gasteiger partial charge in [-0.05, 0) is 69.9 Å². The Labute approximate surface area is 206 Å². The number of cyclic esters (lactones) is 1. The highest BCUT2D eigenvalue weighted by molar-refractivity contribution is 9.10. The average molecular weight is 520 g/mol. The van der Waals surface area contributed by atoms with E-state index in [9.17, 15) is 9.59 Å². The molecule has 0 radical (unpaired) electrons. The molecule has 0 amide bonds. The minimum atomic E-state index is -0.544. The maximum atomic E-state index is 12.5. The molecule has 7 heteroatoms. The van der Waals surface area contributed by atoms with E-state index in [1.807, 2.05) is 61.5 Å². The summed E-state index contributed by atoms with van der Waals surface area (Å²) < 4.78 is 17.0. The van der Waals surface area contributed by atoms with Crippen molar-refractivity contribution in [3.05, 3.63) is 88.0 Å². The summed E-state index contributed by atoms with van der Waals surface area (Å²) in [5.41, 5.74) is 3.66. The molecular weight excluding hydrogens is 498 g/mol. The Bertz CT molecular complexity index is 1280. The minimum absolute atomic E-state index is 0.162. The van der Waals surface area contributed by atoms with Crippen LogP contribution in [0.1, 0.15) is 31.4 Å². The lowest BCUT2D eigenvalue weighted by molar-refractivity contribution is -0.134. The zero-order valence-corrected chi connectivity index (χ0v) is 20.3. The largest absolute Gasteiger partial charge is 0.490 e. The maximum Gasteiger partial charge on any atom is 0.363 e. The van der Waals surface area contributed by atoms with Gasteiger partial charge in [0.15, 0.2) is 17.2 Å². The van der Waals surface area contributed by atoms with Crippen molar-refractivity contribution in [2.75, 3.05) is 6.61 Å². The van der Waals surface area contributed by atoms with Crippen LogP contribution in [0.25, 0.3) is 17.2 Å². The fourth-order valence-electron chi connectivity index (χ4n) is 3.35. The van der Waals surface area contributed by atoms with Crippen LogP contribution in [-0.4, -0.2) is 24.4 Å². The van der Waals surface area contributed by atoms with Gasteiger partial charge in [-0.1, -0.05) is 49.4 Å². The molecule has 3 aromatic rings. The van der Waals surface area contributed by atoms with Crippen LogP contribution in [0.2, 0.25) is 0 Å². The van der Waals surface area contributed by atoms with Crippen molar-refractivity contribution >= 4 is 39.8 Å². The third kappa shape index (κ3) is 5.26. The van der Waals surface area contributed by atoms with Gasteiger partial charge in [-0.3, -0.25) is 4.79 Å². The summed E-state index contributed by atoms with van der Waals surface area (Å²) >= 11 is 3.43. The van der Waals surface area contributed by atoms with E-state index in [0.29, 0.717) is 33.7 Å². The SMILES string of the molecule is CCOc1cc(/C=C2\N=C(c3ccc(-c4ccccc4)cc3)OC2=O)cc(Br)c1OC(=O)CC. The van der Waals surface area contributed by atoms with Crippen molar-refractivity contribution in [3.8, 4) is 22.6 Å². The van der Waals surface area contributed by atoms with Gasteiger partial charge in [-0.15, -0.1) is 0 Å². The quantitative estimate of drug-likeness (QED) is 0.212. The van der Waals surface area contributed by atoms with E-state index in [1.165, 1.54) is 0 Å². The first-order chi connectivity index (χ1) is 16.5. The van der Waals surface area contributed by atoms with Gasteiger partial charge in [0.05, 0.1) is 11.1 Å². The third-order valence-electron chi connectivity index (χ3n) is 5.00. The van der Waals surface area contributed by atoms with Crippen molar-refractivity contribution in [3.63, 3.8) is 0 Å². The smallest absolute Gasteiger partial charge is 0.363 e. The molecule has 0 unspecified atom stereocenters. The van der Waals surface area contributed by atoms with Gasteiger partial charge in [0, 0.05) is 12.0 Å². The van der Waals surface area contributed by atoms with E-state index in [0.717, 1.165) is 11.1 Å². The van der Waals surface area contributed by atoms with Gasteiger partial charge < -0.3 is 14.2 Å². The Hall–Kier alpha value is -3.71. The predicted octanol–water partition coefficient (Wildman–Crippen LogP) is 6.17. The molecule has 3 aromatic carbocycles. The Kier molecular flexibility index (Phi) is 7.23. The topological polar surface area (TPSA) is 74.2 Å². The van der Waals surface area contributed by atoms with Crippen LogP contribution < -0.4 is 9.47 Å². The van der Waals surface area contributed by atoms with Crippen molar-refractivity contribution in [1.82, 2.24) is 0 Å². The van der Waals surface area contributed by atoms with E-state index < -0.39 is 5.97 Å². The van der Waals surface area contributed by atoms with Gasteiger partial charge in [0.2, 0.25) is 5.90 Å². The molecule has 0 saturated heterocycles. The Morgan fingerprint density at radius 3 is 2.35 bits per heavy atom. The van der Waals surface area contributed by atoms with E-state index in [2.05, 4.69) is 20.9 Å². The van der Waals surface area contributed by atoms with E-state index in [4.69, 9.17) is 14.2 Å². The monoisotopic (exact) mass is 519 g/mol. The van der Waals surface area contributed by atoms with Crippen molar-refractivity contribution in [2.45, 2.75) is 20.3 Å². The number of benzene rings is 3. The molecule has 6 nitrogen and oxygen atoms in total. The number of halogens is 1. The molecule has 0 saturated carbocycles. The lowest BCUT2D eigenvalue weighted by atomic mass is 10.0. The molecule has 0 fully saturated rings. The fourth-order valence-corrected chi connectivity index (χ4v) is 3.89. The Morgan fingerprint density at radius 2 is 1.68 bits per heavy atom. The lowest BCUT2D eigenvalue weighted by Gasteiger charge is -2.13. The second-order valence-corrected chi connectivity index (χ2v) is 8.22. The maximum absolute atomic E-state index is 12.5. The van der Waals surface area contributed by atoms with Crippen LogP contribution in [0.3, 0.4) is 0 Å². The normalized spacial score (nSPS) is 14.0. The molecule has 172 valence electrons. The average Bonchev–Trinajstić information content (AvgIpc) is 3.22. The summed E-state index contributed by atoms with van der Waals surface area (Å²) in [6.45, 7) is 3.93. The van der Waals surface area contributed by atoms with Gasteiger partial charge >= 0.3 is 11.9 Å². The van der Waals surface area contributed by atoms with Crippen LogP contribution >= 0.6 is 15.9 Å². The lowest BCUT2D eigenvalue weighted by Crippen LogP contribution is -2.08. The second kappa shape index (κ2) is 10.5. The van der Waals surface area contributed by atoms with Crippen molar-refractivity contribution < 1.29 is 23.8 Å². The number of hydrogen-bond donors (Lipinski definition) is 0. The molecule has 0 aliphatic carbocycles. The van der Waals surface area contributed by atoms with Crippen molar-refractivity contribution in [2.24, 2.45) is 4.99 Å². The van der Waals surface area contributed by atoms with Crippen LogP contribution in [-0.2, 0) is 14.3 Å². The standard InChI is InChI=1S/C27H22BrNO5/c1-3-24(30)33-25-21(28)14-17(16-23(25)32-4-2)15-22-27(31)34-26(29-22)20-12-10-19(11-13-20)18-8-6-5-7-9-18/h5-16H,3-4H2,1-2H3/b22-15-. The molecule has 0 N–H and O–H groups in total. The van der Waals surface area contributed by atoms with Gasteiger partial charge in [0.1, 0.15) is 0 Å². The first-order valence-electron chi connectivity index (χ1n) is 10.8. The highest BCUT2D eigenvalue weighted by atomic mass is 79.9. The zero-order valence-electron chi connectivity index (χ0n) is 18.7. The van der Waals surface area contributed by atoms with Gasteiger partial charge in [-0.2, -0.15) is 0 Å². The summed E-state index contributed by atoms with van der Waals surface area (Å²) in [5, 5.41) is 0. The zero-order chi connectivity index (χ0) is 24.1. The molecule has 1 aliphatic rings. The number of carbonyl (C=O) groups is 2. The van der Waals surface area contributed by atoms with Gasteiger partial charge in [0.25, 0.3) is 0 Å². The number of rotatable bonds is 7. The van der Waals surface area contributed by atoms with E-state index in [-0.39, 0.29) is 24.0 Å². The highest BCUT2D eigenvalue weighted by Gasteiger charge is 2.25. The van der Waals surface area contributed by atoms with Crippen LogP contribution in [0.4, 0.5) is 0 Å². The van der Waals surface area contributed by atoms with E-state index >= 15 is 0 Å². The van der Waals surface area contributed by atoms with Crippen LogP contribution in [0, 0.1) is 0 Å². The first-order valence-corrected chi connectivity index (χ1v) is 11.6. The Morgan fingerprint density at radius 1 is 1.00 bits per heavy atom. The molecule has 1 heterocycles.